The summed E-state index contributed by atoms with van der Waals surface area (Å²) in [7, 11) is 1.87. The zero-order chi connectivity index (χ0) is 13.7. The fourth-order valence-corrected chi connectivity index (χ4v) is 2.99. The van der Waals surface area contributed by atoms with Crippen LogP contribution < -0.4 is 5.32 Å². The third-order valence-electron chi connectivity index (χ3n) is 3.85. The van der Waals surface area contributed by atoms with E-state index in [2.05, 4.69) is 20.5 Å². The van der Waals surface area contributed by atoms with E-state index in [1.807, 2.05) is 13.2 Å². The van der Waals surface area contributed by atoms with Crippen LogP contribution in [0.2, 0.25) is 0 Å². The summed E-state index contributed by atoms with van der Waals surface area (Å²) in [5, 5.41) is 11.7. The summed E-state index contributed by atoms with van der Waals surface area (Å²) in [6, 6.07) is -0.217. The molecule has 0 saturated heterocycles. The second-order valence-corrected chi connectivity index (χ2v) is 5.17. The van der Waals surface area contributed by atoms with Gasteiger partial charge in [0.1, 0.15) is 12.4 Å². The van der Waals surface area contributed by atoms with E-state index < -0.39 is 0 Å². The Labute approximate surface area is 115 Å². The van der Waals surface area contributed by atoms with Crippen molar-refractivity contribution in [2.75, 3.05) is 5.32 Å². The molecule has 1 aliphatic heterocycles. The Balaban J connectivity index is 1.92. The average molecular weight is 270 g/mol. The molecule has 0 unspecified atom stereocenters. The molecule has 7 heteroatoms. The van der Waals surface area contributed by atoms with Crippen molar-refractivity contribution in [3.63, 3.8) is 0 Å². The van der Waals surface area contributed by atoms with E-state index >= 15 is 0 Å². The molecule has 0 fully saturated rings. The number of fused-ring (bicyclic) bond motifs is 1. The summed E-state index contributed by atoms with van der Waals surface area (Å²) >= 11 is 0. The largest absolute Gasteiger partial charge is 0.328 e. The maximum Gasteiger partial charge on any atom is 0.226 e. The van der Waals surface area contributed by atoms with Gasteiger partial charge < -0.3 is 5.32 Å². The number of nitrogens with one attached hydrogen (secondary N) is 1. The number of hydrogen-bond acceptors (Lipinski definition) is 5. The minimum absolute atomic E-state index is 0.189. The van der Waals surface area contributed by atoms with Gasteiger partial charge in [0.05, 0.1) is 6.20 Å². The van der Waals surface area contributed by atoms with Crippen LogP contribution in [0, 0.1) is 0 Å². The fourth-order valence-electron chi connectivity index (χ4n) is 2.99. The standard InChI is InChI=1S/C13H14N6O/c1-18-6-8(5-15-18)12-11-9(3-2-4-10(11)20)17-13-14-7-16-19(12)13/h5-7,12H,2-4H2,1H3,(H,14,16,17)/t12-/m1/s1. The molecule has 2 aliphatic rings. The molecule has 20 heavy (non-hydrogen) atoms. The first-order chi connectivity index (χ1) is 9.74. The number of rotatable bonds is 1. The Hall–Kier alpha value is -2.44. The molecule has 1 atom stereocenters. The molecule has 4 rings (SSSR count). The number of aromatic nitrogens is 5. The second kappa shape index (κ2) is 4.03. The third-order valence-corrected chi connectivity index (χ3v) is 3.85. The predicted octanol–water partition coefficient (Wildman–Crippen LogP) is 1.03. The highest BCUT2D eigenvalue weighted by Gasteiger charge is 2.36. The Morgan fingerprint density at radius 2 is 2.25 bits per heavy atom. The summed E-state index contributed by atoms with van der Waals surface area (Å²) in [4.78, 5) is 16.6. The van der Waals surface area contributed by atoms with Gasteiger partial charge in [-0.15, -0.1) is 0 Å². The molecule has 102 valence electrons. The molecule has 0 amide bonds. The van der Waals surface area contributed by atoms with Crippen molar-refractivity contribution in [3.8, 4) is 0 Å². The van der Waals surface area contributed by atoms with Crippen LogP contribution in [0.5, 0.6) is 0 Å². The van der Waals surface area contributed by atoms with E-state index in [-0.39, 0.29) is 11.8 Å². The van der Waals surface area contributed by atoms with E-state index in [9.17, 15) is 4.79 Å². The van der Waals surface area contributed by atoms with Gasteiger partial charge in [-0.2, -0.15) is 15.2 Å². The molecule has 1 N–H and O–H groups in total. The van der Waals surface area contributed by atoms with E-state index in [0.29, 0.717) is 12.4 Å². The summed E-state index contributed by atoms with van der Waals surface area (Å²) < 4.78 is 3.50. The highest BCUT2D eigenvalue weighted by Crippen LogP contribution is 2.39. The van der Waals surface area contributed by atoms with Gasteiger partial charge in [-0.05, 0) is 12.8 Å². The number of ketones is 1. The van der Waals surface area contributed by atoms with Crippen LogP contribution in [0.3, 0.4) is 0 Å². The lowest BCUT2D eigenvalue weighted by molar-refractivity contribution is -0.116. The van der Waals surface area contributed by atoms with Crippen LogP contribution in [0.4, 0.5) is 5.95 Å². The average Bonchev–Trinajstić information content (AvgIpc) is 3.05. The van der Waals surface area contributed by atoms with Crippen LogP contribution in [0.15, 0.2) is 30.0 Å². The van der Waals surface area contributed by atoms with Gasteiger partial charge in [0.25, 0.3) is 0 Å². The van der Waals surface area contributed by atoms with Gasteiger partial charge in [-0.25, -0.2) is 4.68 Å². The van der Waals surface area contributed by atoms with Crippen molar-refractivity contribution in [1.82, 2.24) is 24.5 Å². The smallest absolute Gasteiger partial charge is 0.226 e. The molecule has 1 aliphatic carbocycles. The number of anilines is 1. The van der Waals surface area contributed by atoms with E-state index in [1.165, 1.54) is 6.33 Å². The Morgan fingerprint density at radius 3 is 3.05 bits per heavy atom. The molecule has 2 aromatic rings. The summed E-state index contributed by atoms with van der Waals surface area (Å²) in [5.74, 6) is 0.876. The first kappa shape index (κ1) is 11.4. The van der Waals surface area contributed by atoms with Crippen molar-refractivity contribution in [2.45, 2.75) is 25.3 Å². The van der Waals surface area contributed by atoms with Gasteiger partial charge in [0.2, 0.25) is 5.95 Å². The van der Waals surface area contributed by atoms with Crippen molar-refractivity contribution >= 4 is 11.7 Å². The highest BCUT2D eigenvalue weighted by molar-refractivity contribution is 5.99. The maximum absolute atomic E-state index is 12.4. The SMILES string of the molecule is Cn1cc([C@@H]2C3=C(CCCC3=O)Nc3ncnn32)cn1. The molecule has 0 spiro atoms. The summed E-state index contributed by atoms with van der Waals surface area (Å²) in [6.07, 6.45) is 7.58. The van der Waals surface area contributed by atoms with Crippen LogP contribution in [0.25, 0.3) is 0 Å². The summed E-state index contributed by atoms with van der Waals surface area (Å²) in [5.41, 5.74) is 2.75. The van der Waals surface area contributed by atoms with E-state index in [4.69, 9.17) is 0 Å². The number of carbonyl (C=O) groups is 1. The molecule has 3 heterocycles. The molecular formula is C13H14N6O. The molecule has 0 saturated carbocycles. The number of Topliss-reactive ketones (excluding diaryl/α,β-unsaturated/α-hetero) is 1. The fraction of sp³-hybridized carbons (Fsp3) is 0.385. The van der Waals surface area contributed by atoms with E-state index in [0.717, 1.165) is 29.7 Å². The monoisotopic (exact) mass is 270 g/mol. The first-order valence-electron chi connectivity index (χ1n) is 6.65. The maximum atomic E-state index is 12.4. The Bertz CT molecular complexity index is 725. The summed E-state index contributed by atoms with van der Waals surface area (Å²) in [6.45, 7) is 0. The number of carbonyl (C=O) groups excluding carboxylic acids is 1. The lowest BCUT2D eigenvalue weighted by Gasteiger charge is -2.31. The van der Waals surface area contributed by atoms with Gasteiger partial charge in [-0.1, -0.05) is 0 Å². The van der Waals surface area contributed by atoms with Crippen molar-refractivity contribution < 1.29 is 4.79 Å². The van der Waals surface area contributed by atoms with Crippen LogP contribution in [-0.4, -0.2) is 30.3 Å². The lowest BCUT2D eigenvalue weighted by Crippen LogP contribution is -2.31. The predicted molar refractivity (Wildman–Crippen MR) is 70.9 cm³/mol. The van der Waals surface area contributed by atoms with Gasteiger partial charge in [-0.3, -0.25) is 9.48 Å². The topological polar surface area (TPSA) is 77.6 Å². The number of aryl methyl sites for hydroxylation is 1. The normalized spacial score (nSPS) is 21.4. The lowest BCUT2D eigenvalue weighted by atomic mass is 9.86. The minimum Gasteiger partial charge on any atom is -0.328 e. The van der Waals surface area contributed by atoms with Crippen LogP contribution >= 0.6 is 0 Å². The first-order valence-corrected chi connectivity index (χ1v) is 6.65. The molecule has 2 aromatic heterocycles. The quantitative estimate of drug-likeness (QED) is 0.837. The van der Waals surface area contributed by atoms with Gasteiger partial charge in [0.15, 0.2) is 5.78 Å². The van der Waals surface area contributed by atoms with Crippen molar-refractivity contribution in [2.24, 2.45) is 7.05 Å². The van der Waals surface area contributed by atoms with Crippen LogP contribution in [-0.2, 0) is 11.8 Å². The minimum atomic E-state index is -0.217. The Kier molecular flexibility index (Phi) is 2.29. The zero-order valence-electron chi connectivity index (χ0n) is 11.1. The molecule has 0 aromatic carbocycles. The van der Waals surface area contributed by atoms with E-state index in [1.54, 1.807) is 15.6 Å². The second-order valence-electron chi connectivity index (χ2n) is 5.17. The number of allylic oxidation sites excluding steroid dienone is 2. The number of hydrogen-bond donors (Lipinski definition) is 1. The Morgan fingerprint density at radius 1 is 1.35 bits per heavy atom. The van der Waals surface area contributed by atoms with Crippen molar-refractivity contribution in [1.29, 1.82) is 0 Å². The van der Waals surface area contributed by atoms with Crippen molar-refractivity contribution in [3.05, 3.63) is 35.6 Å². The van der Waals surface area contributed by atoms with Crippen LogP contribution in [0.1, 0.15) is 30.9 Å². The van der Waals surface area contributed by atoms with Gasteiger partial charge in [0, 0.05) is 36.5 Å². The zero-order valence-corrected chi connectivity index (χ0v) is 11.1. The highest BCUT2D eigenvalue weighted by atomic mass is 16.1. The molecule has 0 radical (unpaired) electrons. The number of nitrogens with zero attached hydrogens (tertiary/aromatic N) is 5. The molecule has 0 bridgehead atoms. The van der Waals surface area contributed by atoms with Gasteiger partial charge >= 0.3 is 0 Å². The molecular weight excluding hydrogens is 256 g/mol. The third kappa shape index (κ3) is 1.52. The molecule has 7 nitrogen and oxygen atoms in total.